The van der Waals surface area contributed by atoms with Crippen LogP contribution in [-0.4, -0.2) is 29.2 Å². The lowest BCUT2D eigenvalue weighted by molar-refractivity contribution is -0.384. The number of esters is 1. The number of nitro groups is 1. The Hall–Kier alpha value is -2.94. The van der Waals surface area contributed by atoms with Gasteiger partial charge >= 0.3 is 5.97 Å². The second-order valence-electron chi connectivity index (χ2n) is 5.07. The summed E-state index contributed by atoms with van der Waals surface area (Å²) in [5, 5.41) is 13.0. The molecule has 1 N–H and O–H groups in total. The molecule has 0 spiro atoms. The predicted molar refractivity (Wildman–Crippen MR) is 94.4 cm³/mol. The van der Waals surface area contributed by atoms with E-state index in [1.54, 1.807) is 12.1 Å². The summed E-state index contributed by atoms with van der Waals surface area (Å²) < 4.78 is 17.6. The molecule has 136 valence electrons. The van der Waals surface area contributed by atoms with E-state index >= 15 is 0 Å². The topological polar surface area (TPSA) is 98.5 Å². The molecule has 26 heavy (non-hydrogen) atoms. The number of halogens is 1. The number of ether oxygens (including phenoxy) is 1. The number of nitrogens with one attached hydrogen (secondary N) is 1. The monoisotopic (exact) mass is 378 g/mol. The first-order chi connectivity index (χ1) is 12.4. The zero-order chi connectivity index (χ0) is 18.9. The third kappa shape index (κ3) is 6.52. The summed E-state index contributed by atoms with van der Waals surface area (Å²) in [6, 6.07) is 11.2. The van der Waals surface area contributed by atoms with Crippen molar-refractivity contribution in [1.82, 2.24) is 0 Å². The molecule has 0 bridgehead atoms. The van der Waals surface area contributed by atoms with Gasteiger partial charge in [0.25, 0.3) is 11.6 Å². The quantitative estimate of drug-likeness (QED) is 0.327. The zero-order valence-corrected chi connectivity index (χ0v) is 14.3. The predicted octanol–water partition coefficient (Wildman–Crippen LogP) is 3.40. The summed E-state index contributed by atoms with van der Waals surface area (Å²) in [6.07, 6.45) is 0.104. The Morgan fingerprint density at radius 3 is 2.38 bits per heavy atom. The standard InChI is InChI=1S/C17H15FN2O5S/c18-12-1-7-15(8-2-12)26-10-9-17(22)25-11-16(21)19-13-3-5-14(6-4-13)20(23)24/h1-8H,9-11H2,(H,19,21). The Morgan fingerprint density at radius 2 is 1.77 bits per heavy atom. The fraction of sp³-hybridized carbons (Fsp3) is 0.176. The van der Waals surface area contributed by atoms with Crippen molar-refractivity contribution < 1.29 is 23.6 Å². The third-order valence-electron chi connectivity index (χ3n) is 3.11. The summed E-state index contributed by atoms with van der Waals surface area (Å²) in [6.45, 7) is -0.447. The fourth-order valence-corrected chi connectivity index (χ4v) is 2.70. The first-order valence-electron chi connectivity index (χ1n) is 7.52. The zero-order valence-electron chi connectivity index (χ0n) is 13.5. The second-order valence-corrected chi connectivity index (χ2v) is 6.23. The van der Waals surface area contributed by atoms with Gasteiger partial charge in [-0.15, -0.1) is 11.8 Å². The van der Waals surface area contributed by atoms with Crippen LogP contribution in [0, 0.1) is 15.9 Å². The number of hydrogen-bond donors (Lipinski definition) is 1. The van der Waals surface area contributed by atoms with E-state index in [1.807, 2.05) is 0 Å². The maximum absolute atomic E-state index is 12.8. The first kappa shape index (κ1) is 19.4. The van der Waals surface area contributed by atoms with Gasteiger partial charge in [-0.3, -0.25) is 19.7 Å². The highest BCUT2D eigenvalue weighted by molar-refractivity contribution is 7.99. The van der Waals surface area contributed by atoms with Crippen molar-refractivity contribution in [3.8, 4) is 0 Å². The van der Waals surface area contributed by atoms with Gasteiger partial charge in [-0.1, -0.05) is 0 Å². The van der Waals surface area contributed by atoms with Gasteiger partial charge in [0.05, 0.1) is 11.3 Å². The molecule has 9 heteroatoms. The molecular formula is C17H15FN2O5S. The van der Waals surface area contributed by atoms with Crippen LogP contribution in [0.2, 0.25) is 0 Å². The molecular weight excluding hydrogens is 363 g/mol. The lowest BCUT2D eigenvalue weighted by Gasteiger charge is -2.06. The molecule has 0 aliphatic rings. The largest absolute Gasteiger partial charge is 0.456 e. The van der Waals surface area contributed by atoms with Crippen LogP contribution in [0.4, 0.5) is 15.8 Å². The van der Waals surface area contributed by atoms with Crippen LogP contribution in [0.15, 0.2) is 53.4 Å². The average molecular weight is 378 g/mol. The lowest BCUT2D eigenvalue weighted by Crippen LogP contribution is -2.21. The van der Waals surface area contributed by atoms with Crippen LogP contribution in [-0.2, 0) is 14.3 Å². The molecule has 0 aromatic heterocycles. The molecule has 0 unspecified atom stereocenters. The number of benzene rings is 2. The Balaban J connectivity index is 1.67. The minimum atomic E-state index is -0.544. The number of hydrogen-bond acceptors (Lipinski definition) is 6. The van der Waals surface area contributed by atoms with Gasteiger partial charge in [-0.05, 0) is 36.4 Å². The fourth-order valence-electron chi connectivity index (χ4n) is 1.86. The average Bonchev–Trinajstić information content (AvgIpc) is 2.62. The smallest absolute Gasteiger partial charge is 0.307 e. The molecule has 2 aromatic carbocycles. The summed E-state index contributed by atoms with van der Waals surface area (Å²) >= 11 is 1.37. The first-order valence-corrected chi connectivity index (χ1v) is 8.51. The van der Waals surface area contributed by atoms with Crippen LogP contribution in [0.25, 0.3) is 0 Å². The highest BCUT2D eigenvalue weighted by Gasteiger charge is 2.10. The number of carbonyl (C=O) groups is 2. The van der Waals surface area contributed by atoms with Crippen LogP contribution >= 0.6 is 11.8 Å². The highest BCUT2D eigenvalue weighted by atomic mass is 32.2. The SMILES string of the molecule is O=C(COC(=O)CCSc1ccc(F)cc1)Nc1ccc([N+](=O)[O-])cc1. The number of carbonyl (C=O) groups excluding carboxylic acids is 2. The number of non-ortho nitro benzene ring substituents is 1. The highest BCUT2D eigenvalue weighted by Crippen LogP contribution is 2.19. The van der Waals surface area contributed by atoms with Crippen molar-refractivity contribution in [3.05, 3.63) is 64.5 Å². The molecule has 0 radical (unpaired) electrons. The maximum Gasteiger partial charge on any atom is 0.307 e. The van der Waals surface area contributed by atoms with E-state index in [9.17, 15) is 24.1 Å². The summed E-state index contributed by atoms with van der Waals surface area (Å²) in [5.41, 5.74) is 0.275. The van der Waals surface area contributed by atoms with E-state index in [1.165, 1.54) is 48.2 Å². The van der Waals surface area contributed by atoms with Gasteiger partial charge in [0.2, 0.25) is 0 Å². The molecule has 2 rings (SSSR count). The normalized spacial score (nSPS) is 10.2. The van der Waals surface area contributed by atoms with E-state index < -0.39 is 23.4 Å². The van der Waals surface area contributed by atoms with Gasteiger partial charge in [-0.2, -0.15) is 0 Å². The number of nitro benzene ring substituents is 1. The number of rotatable bonds is 8. The van der Waals surface area contributed by atoms with Crippen LogP contribution < -0.4 is 5.32 Å². The van der Waals surface area contributed by atoms with Gasteiger partial charge in [-0.25, -0.2) is 4.39 Å². The summed E-state index contributed by atoms with van der Waals surface area (Å²) in [4.78, 5) is 34.1. The molecule has 0 heterocycles. The van der Waals surface area contributed by atoms with Gasteiger partial charge in [0, 0.05) is 28.5 Å². The summed E-state index contributed by atoms with van der Waals surface area (Å²) in [5.74, 6) is -0.960. The van der Waals surface area contributed by atoms with E-state index in [-0.39, 0.29) is 17.9 Å². The van der Waals surface area contributed by atoms with Gasteiger partial charge in [0.1, 0.15) is 5.82 Å². The lowest BCUT2D eigenvalue weighted by atomic mass is 10.3. The van der Waals surface area contributed by atoms with Crippen molar-refractivity contribution in [2.45, 2.75) is 11.3 Å². The molecule has 2 aromatic rings. The van der Waals surface area contributed by atoms with Crippen LogP contribution in [0.3, 0.4) is 0 Å². The maximum atomic E-state index is 12.8. The molecule has 7 nitrogen and oxygen atoms in total. The van der Waals surface area contributed by atoms with Crippen molar-refractivity contribution >= 4 is 35.0 Å². The Kier molecular flexibility index (Phi) is 7.10. The molecule has 0 saturated carbocycles. The van der Waals surface area contributed by atoms with E-state index in [2.05, 4.69) is 5.32 Å². The van der Waals surface area contributed by atoms with Crippen molar-refractivity contribution in [3.63, 3.8) is 0 Å². The Morgan fingerprint density at radius 1 is 1.12 bits per heavy atom. The summed E-state index contributed by atoms with van der Waals surface area (Å²) in [7, 11) is 0. The van der Waals surface area contributed by atoms with Gasteiger partial charge < -0.3 is 10.1 Å². The second kappa shape index (κ2) is 9.52. The number of nitrogens with zero attached hydrogens (tertiary/aromatic N) is 1. The van der Waals surface area contributed by atoms with E-state index in [0.717, 1.165) is 4.90 Å². The third-order valence-corrected chi connectivity index (χ3v) is 4.13. The van der Waals surface area contributed by atoms with Crippen molar-refractivity contribution in [1.29, 1.82) is 0 Å². The Labute approximate surface area is 152 Å². The Bertz CT molecular complexity index is 781. The number of thioether (sulfide) groups is 1. The van der Waals surface area contributed by atoms with Crippen molar-refractivity contribution in [2.75, 3.05) is 17.7 Å². The van der Waals surface area contributed by atoms with Crippen LogP contribution in [0.5, 0.6) is 0 Å². The van der Waals surface area contributed by atoms with Gasteiger partial charge in [0.15, 0.2) is 6.61 Å². The minimum Gasteiger partial charge on any atom is -0.456 e. The number of anilines is 1. The minimum absolute atomic E-state index is 0.0897. The molecule has 0 saturated heterocycles. The van der Waals surface area contributed by atoms with E-state index in [0.29, 0.717) is 11.4 Å². The molecule has 0 aliphatic heterocycles. The van der Waals surface area contributed by atoms with E-state index in [4.69, 9.17) is 4.74 Å². The van der Waals surface area contributed by atoms with Crippen LogP contribution in [0.1, 0.15) is 6.42 Å². The molecule has 1 amide bonds. The molecule has 0 fully saturated rings. The molecule has 0 aliphatic carbocycles. The van der Waals surface area contributed by atoms with Crippen molar-refractivity contribution in [2.24, 2.45) is 0 Å². The molecule has 0 atom stereocenters. The number of amides is 1.